The summed E-state index contributed by atoms with van der Waals surface area (Å²) in [6, 6.07) is 13.1. The molecule has 0 bridgehead atoms. The minimum atomic E-state index is -1.41. The molecule has 2 amide bonds. The van der Waals surface area contributed by atoms with Crippen molar-refractivity contribution in [2.45, 2.75) is 18.9 Å². The molecule has 1 aliphatic heterocycles. The number of methoxy groups -OCH3 is 1. The fourth-order valence-electron chi connectivity index (χ4n) is 3.06. The fourth-order valence-corrected chi connectivity index (χ4v) is 3.06. The molecule has 3 rings (SSSR count). The van der Waals surface area contributed by atoms with E-state index < -0.39 is 11.6 Å². The van der Waals surface area contributed by atoms with Crippen LogP contribution in [0, 0.1) is 11.3 Å². The number of hydrogen-bond donors (Lipinski definition) is 1. The predicted molar refractivity (Wildman–Crippen MR) is 105 cm³/mol. The van der Waals surface area contributed by atoms with Gasteiger partial charge in [0, 0.05) is 24.4 Å². The number of hydrogen-bond acceptors (Lipinski definition) is 6. The van der Waals surface area contributed by atoms with Gasteiger partial charge in [-0.1, -0.05) is 0 Å². The number of benzene rings is 2. The van der Waals surface area contributed by atoms with Gasteiger partial charge in [0.1, 0.15) is 5.75 Å². The maximum Gasteiger partial charge on any atom is 0.310 e. The Bertz CT molecular complexity index is 1030. The highest BCUT2D eigenvalue weighted by molar-refractivity contribution is 6.06. The van der Waals surface area contributed by atoms with Crippen molar-refractivity contribution in [1.82, 2.24) is 0 Å². The minimum absolute atomic E-state index is 0.242. The van der Waals surface area contributed by atoms with Crippen molar-refractivity contribution in [2.24, 2.45) is 0 Å². The molecule has 8 nitrogen and oxygen atoms in total. The zero-order chi connectivity index (χ0) is 21.2. The lowest BCUT2D eigenvalue weighted by Gasteiger charge is -2.38. The molecule has 29 heavy (non-hydrogen) atoms. The number of carbonyl (C=O) groups excluding carboxylic acids is 3. The summed E-state index contributed by atoms with van der Waals surface area (Å²) in [7, 11) is 2.83. The van der Waals surface area contributed by atoms with Crippen LogP contribution in [0.3, 0.4) is 0 Å². The van der Waals surface area contributed by atoms with E-state index in [2.05, 4.69) is 10.1 Å². The van der Waals surface area contributed by atoms with Crippen molar-refractivity contribution in [1.29, 1.82) is 5.26 Å². The molecule has 2 aromatic rings. The summed E-state index contributed by atoms with van der Waals surface area (Å²) in [4.78, 5) is 38.2. The van der Waals surface area contributed by atoms with Crippen molar-refractivity contribution >= 4 is 29.2 Å². The molecule has 0 saturated heterocycles. The van der Waals surface area contributed by atoms with Gasteiger partial charge in [0.2, 0.25) is 0 Å². The summed E-state index contributed by atoms with van der Waals surface area (Å²) in [5.41, 5.74) is 0.423. The first kappa shape index (κ1) is 19.9. The maximum atomic E-state index is 12.7. The number of rotatable bonds is 4. The normalized spacial score (nSPS) is 17.6. The van der Waals surface area contributed by atoms with E-state index in [1.807, 2.05) is 6.07 Å². The Morgan fingerprint density at radius 2 is 1.93 bits per heavy atom. The number of amides is 2. The summed E-state index contributed by atoms with van der Waals surface area (Å²) < 4.78 is 10.5. The molecule has 0 aromatic heterocycles. The lowest BCUT2D eigenvalue weighted by molar-refractivity contribution is -0.150. The molecule has 1 N–H and O–H groups in total. The molecule has 0 fully saturated rings. The fraction of sp³-hybridized carbons (Fsp3) is 0.238. The third kappa shape index (κ3) is 3.89. The van der Waals surface area contributed by atoms with E-state index in [9.17, 15) is 14.4 Å². The predicted octanol–water partition coefficient (Wildman–Crippen LogP) is 2.49. The lowest BCUT2D eigenvalue weighted by Crippen LogP contribution is -2.54. The number of ether oxygens (including phenoxy) is 2. The van der Waals surface area contributed by atoms with E-state index in [0.29, 0.717) is 28.3 Å². The topological polar surface area (TPSA) is 109 Å². The van der Waals surface area contributed by atoms with Crippen LogP contribution in [-0.2, 0) is 14.3 Å². The standard InChI is InChI=1S/C21H19N3O5/c1-21(11-18(25)28-3)20(27)24(2)16-9-8-15(10-17(16)29-21)23-19(26)14-6-4-13(12-22)5-7-14/h4-10H,11H2,1-3H3,(H,23,26). The molecule has 2 aromatic carbocycles. The number of carbonyl (C=O) groups is 3. The van der Waals surface area contributed by atoms with Crippen LogP contribution in [0.2, 0.25) is 0 Å². The van der Waals surface area contributed by atoms with E-state index in [4.69, 9.17) is 10.00 Å². The van der Waals surface area contributed by atoms with Crippen LogP contribution in [0.4, 0.5) is 11.4 Å². The van der Waals surface area contributed by atoms with E-state index >= 15 is 0 Å². The molecule has 0 saturated carbocycles. The van der Waals surface area contributed by atoms with E-state index in [-0.39, 0.29) is 18.2 Å². The zero-order valence-electron chi connectivity index (χ0n) is 16.2. The summed E-state index contributed by atoms with van der Waals surface area (Å²) in [5, 5.41) is 11.6. The third-order valence-corrected chi connectivity index (χ3v) is 4.66. The Labute approximate surface area is 167 Å². The van der Waals surface area contributed by atoms with Crippen LogP contribution >= 0.6 is 0 Å². The average molecular weight is 393 g/mol. The Balaban J connectivity index is 1.84. The van der Waals surface area contributed by atoms with Gasteiger partial charge in [-0.15, -0.1) is 0 Å². The van der Waals surface area contributed by atoms with Gasteiger partial charge < -0.3 is 19.7 Å². The quantitative estimate of drug-likeness (QED) is 0.800. The third-order valence-electron chi connectivity index (χ3n) is 4.66. The number of esters is 1. The Hall–Kier alpha value is -3.86. The summed E-state index contributed by atoms with van der Waals surface area (Å²) >= 11 is 0. The van der Waals surface area contributed by atoms with E-state index in [0.717, 1.165) is 0 Å². The van der Waals surface area contributed by atoms with E-state index in [1.165, 1.54) is 18.9 Å². The molecular formula is C21H19N3O5. The second-order valence-corrected chi connectivity index (χ2v) is 6.78. The highest BCUT2D eigenvalue weighted by Crippen LogP contribution is 2.40. The Kier molecular flexibility index (Phi) is 5.24. The largest absolute Gasteiger partial charge is 0.475 e. The molecule has 1 heterocycles. The van der Waals surface area contributed by atoms with Crippen LogP contribution in [0.5, 0.6) is 5.75 Å². The van der Waals surface area contributed by atoms with Crippen molar-refractivity contribution in [3.63, 3.8) is 0 Å². The second kappa shape index (κ2) is 7.64. The first-order chi connectivity index (χ1) is 13.8. The average Bonchev–Trinajstić information content (AvgIpc) is 2.72. The number of likely N-dealkylation sites (N-methyl/N-ethyl adjacent to an activating group) is 1. The van der Waals surface area contributed by atoms with Crippen LogP contribution in [0.15, 0.2) is 42.5 Å². The Morgan fingerprint density at radius 3 is 2.55 bits per heavy atom. The van der Waals surface area contributed by atoms with Gasteiger partial charge in [0.15, 0.2) is 5.60 Å². The molecular weight excluding hydrogens is 374 g/mol. The van der Waals surface area contributed by atoms with Crippen LogP contribution in [0.25, 0.3) is 0 Å². The Morgan fingerprint density at radius 1 is 1.24 bits per heavy atom. The number of nitrogens with zero attached hydrogens (tertiary/aromatic N) is 2. The first-order valence-corrected chi connectivity index (χ1v) is 8.77. The van der Waals surface area contributed by atoms with Crippen molar-refractivity contribution in [3.05, 3.63) is 53.6 Å². The molecule has 8 heteroatoms. The smallest absolute Gasteiger partial charge is 0.310 e. The van der Waals surface area contributed by atoms with E-state index in [1.54, 1.807) is 49.5 Å². The molecule has 0 aliphatic carbocycles. The van der Waals surface area contributed by atoms with Crippen molar-refractivity contribution < 1.29 is 23.9 Å². The van der Waals surface area contributed by atoms with Crippen molar-refractivity contribution in [3.8, 4) is 11.8 Å². The number of anilines is 2. The van der Waals surface area contributed by atoms with Crippen molar-refractivity contribution in [2.75, 3.05) is 24.4 Å². The number of nitriles is 1. The van der Waals surface area contributed by atoms with Gasteiger partial charge in [0.25, 0.3) is 11.8 Å². The van der Waals surface area contributed by atoms with Crippen LogP contribution < -0.4 is 15.0 Å². The van der Waals surface area contributed by atoms with Gasteiger partial charge in [-0.05, 0) is 43.3 Å². The second-order valence-electron chi connectivity index (χ2n) is 6.78. The van der Waals surface area contributed by atoms with Gasteiger partial charge in [-0.3, -0.25) is 14.4 Å². The van der Waals surface area contributed by atoms with Crippen LogP contribution in [0.1, 0.15) is 29.3 Å². The summed E-state index contributed by atoms with van der Waals surface area (Å²) in [6.45, 7) is 1.52. The highest BCUT2D eigenvalue weighted by atomic mass is 16.5. The van der Waals surface area contributed by atoms with Gasteiger partial charge in [-0.25, -0.2) is 0 Å². The molecule has 1 unspecified atom stereocenters. The highest BCUT2D eigenvalue weighted by Gasteiger charge is 2.45. The molecule has 0 spiro atoms. The van der Waals surface area contributed by atoms with Gasteiger partial charge in [-0.2, -0.15) is 5.26 Å². The molecule has 148 valence electrons. The van der Waals surface area contributed by atoms with Crippen LogP contribution in [-0.4, -0.2) is 37.5 Å². The number of fused-ring (bicyclic) bond motifs is 1. The number of nitrogens with one attached hydrogen (secondary N) is 1. The molecule has 1 aliphatic rings. The summed E-state index contributed by atoms with van der Waals surface area (Å²) in [5.74, 6) is -0.934. The monoisotopic (exact) mass is 393 g/mol. The SMILES string of the molecule is COC(=O)CC1(C)Oc2cc(NC(=O)c3ccc(C#N)cc3)ccc2N(C)C1=O. The van der Waals surface area contributed by atoms with Gasteiger partial charge >= 0.3 is 5.97 Å². The van der Waals surface area contributed by atoms with Gasteiger partial charge in [0.05, 0.1) is 30.9 Å². The minimum Gasteiger partial charge on any atom is -0.475 e. The maximum absolute atomic E-state index is 12.7. The lowest BCUT2D eigenvalue weighted by atomic mass is 9.97. The zero-order valence-corrected chi connectivity index (χ0v) is 16.2. The molecule has 1 atom stereocenters. The molecule has 0 radical (unpaired) electrons. The first-order valence-electron chi connectivity index (χ1n) is 8.77. The summed E-state index contributed by atoms with van der Waals surface area (Å²) in [6.07, 6.45) is -0.242.